The quantitative estimate of drug-likeness (QED) is 0.199. The molecule has 144 valence electrons. The zero-order valence-corrected chi connectivity index (χ0v) is 12.6. The fourth-order valence-electron chi connectivity index (χ4n) is 1.74. The van der Waals surface area contributed by atoms with Crippen LogP contribution in [0.4, 0.5) is 0 Å². The van der Waals surface area contributed by atoms with Crippen molar-refractivity contribution in [3.8, 4) is 0 Å². The van der Waals surface area contributed by atoms with Crippen molar-refractivity contribution >= 4 is 6.29 Å². The Morgan fingerprint density at radius 3 is 1.96 bits per heavy atom. The van der Waals surface area contributed by atoms with Crippen molar-refractivity contribution in [2.75, 3.05) is 13.2 Å². The van der Waals surface area contributed by atoms with E-state index in [1.807, 2.05) is 0 Å². The fraction of sp³-hybridized carbons (Fsp3) is 0.917. The van der Waals surface area contributed by atoms with Crippen molar-refractivity contribution in [2.45, 2.75) is 55.1 Å². The van der Waals surface area contributed by atoms with Crippen LogP contribution in [0.15, 0.2) is 0 Å². The van der Waals surface area contributed by atoms with Crippen molar-refractivity contribution in [1.29, 1.82) is 0 Å². The highest BCUT2D eigenvalue weighted by Crippen LogP contribution is 2.17. The first kappa shape index (κ1) is 23.2. The van der Waals surface area contributed by atoms with Gasteiger partial charge in [-0.05, 0) is 0 Å². The molecule has 1 aliphatic heterocycles. The van der Waals surface area contributed by atoms with E-state index in [2.05, 4.69) is 0 Å². The molecule has 9 atom stereocenters. The van der Waals surface area contributed by atoms with Crippen LogP contribution in [-0.4, -0.2) is 121 Å². The number of aliphatic hydroxyl groups is 9. The number of ether oxygens (including phenoxy) is 1. The largest absolute Gasteiger partial charge is 0.394 e. The van der Waals surface area contributed by atoms with Crippen molar-refractivity contribution in [1.82, 2.24) is 0 Å². The van der Waals surface area contributed by atoms with Crippen molar-refractivity contribution in [3.05, 3.63) is 0 Å². The van der Waals surface area contributed by atoms with E-state index >= 15 is 0 Å². The summed E-state index contributed by atoms with van der Waals surface area (Å²) < 4.78 is 4.70. The van der Waals surface area contributed by atoms with Gasteiger partial charge in [-0.25, -0.2) is 0 Å². The second-order valence-corrected chi connectivity index (χ2v) is 5.16. The monoisotopic (exact) mass is 359 g/mol. The van der Waals surface area contributed by atoms with Crippen LogP contribution in [0.2, 0.25) is 0 Å². The lowest BCUT2D eigenvalue weighted by Gasteiger charge is -2.38. The van der Waals surface area contributed by atoms with Gasteiger partial charge in [0.1, 0.15) is 42.7 Å². The van der Waals surface area contributed by atoms with E-state index in [-0.39, 0.29) is 6.29 Å². The van der Waals surface area contributed by atoms with Crippen LogP contribution in [0.3, 0.4) is 0 Å². The van der Waals surface area contributed by atoms with Crippen molar-refractivity contribution in [2.24, 2.45) is 5.73 Å². The number of rotatable bonds is 6. The average molecular weight is 359 g/mol. The normalized spacial score (nSPS) is 35.2. The Bertz CT molecular complexity index is 355. The third-order valence-corrected chi connectivity index (χ3v) is 3.37. The standard InChI is InChI=1S/C6H13NO5.C6H12O6/c7-3-5(10)4(9)2(1-8)12-6(3)11;7-1-3(9)5(11)6(12)4(10)2-8/h2-6,8-11H,1,7H2;1,3-6,8-12H,2H2/t2-,3-,4+,5-,6?;3-,4+,5+,6+/m10/s1. The van der Waals surface area contributed by atoms with Gasteiger partial charge in [0.2, 0.25) is 0 Å². The lowest BCUT2D eigenvalue weighted by atomic mass is 9.98. The molecule has 0 aromatic heterocycles. The van der Waals surface area contributed by atoms with Crippen molar-refractivity contribution < 1.29 is 55.5 Å². The zero-order chi connectivity index (χ0) is 19.0. The lowest BCUT2D eigenvalue weighted by molar-refractivity contribution is -0.248. The molecule has 12 nitrogen and oxygen atoms in total. The molecular formula is C12H25NO11. The van der Waals surface area contributed by atoms with Crippen LogP contribution in [0.5, 0.6) is 0 Å². The first-order valence-corrected chi connectivity index (χ1v) is 6.96. The molecule has 0 aromatic carbocycles. The van der Waals surface area contributed by atoms with E-state index in [9.17, 15) is 15.0 Å². The van der Waals surface area contributed by atoms with Gasteiger partial charge in [0.15, 0.2) is 12.6 Å². The van der Waals surface area contributed by atoms with Gasteiger partial charge >= 0.3 is 0 Å². The third kappa shape index (κ3) is 6.27. The van der Waals surface area contributed by atoms with Crippen LogP contribution in [-0.2, 0) is 9.53 Å². The van der Waals surface area contributed by atoms with Crippen molar-refractivity contribution in [3.63, 3.8) is 0 Å². The molecule has 11 N–H and O–H groups in total. The fourth-order valence-corrected chi connectivity index (χ4v) is 1.74. The molecule has 0 aliphatic carbocycles. The summed E-state index contributed by atoms with van der Waals surface area (Å²) in [5.41, 5.74) is 5.26. The number of nitrogens with two attached hydrogens (primary N) is 1. The van der Waals surface area contributed by atoms with Crippen LogP contribution in [0, 0.1) is 0 Å². The molecule has 0 spiro atoms. The molecule has 0 bridgehead atoms. The van der Waals surface area contributed by atoms with Gasteiger partial charge in [0.05, 0.1) is 19.3 Å². The minimum atomic E-state index is -1.79. The zero-order valence-electron chi connectivity index (χ0n) is 12.6. The van der Waals surface area contributed by atoms with E-state index in [0.717, 1.165) is 0 Å². The average Bonchev–Trinajstić information content (AvgIpc) is 2.60. The minimum absolute atomic E-state index is 0.0258. The van der Waals surface area contributed by atoms with E-state index < -0.39 is 68.3 Å². The minimum Gasteiger partial charge on any atom is -0.394 e. The highest BCUT2D eigenvalue weighted by Gasteiger charge is 2.41. The summed E-state index contributed by atoms with van der Waals surface area (Å²) in [4.78, 5) is 9.90. The van der Waals surface area contributed by atoms with E-state index in [1.165, 1.54) is 0 Å². The summed E-state index contributed by atoms with van der Waals surface area (Å²) in [6, 6.07) is -1.04. The van der Waals surface area contributed by atoms with Crippen LogP contribution >= 0.6 is 0 Å². The summed E-state index contributed by atoms with van der Waals surface area (Å²) in [5.74, 6) is 0. The molecule has 0 saturated carbocycles. The number of aldehydes is 1. The Morgan fingerprint density at radius 1 is 1.00 bits per heavy atom. The Balaban J connectivity index is 0.000000441. The van der Waals surface area contributed by atoms with Gasteiger partial charge in [-0.15, -0.1) is 0 Å². The number of carbonyl (C=O) groups excluding carboxylic acids is 1. The van der Waals surface area contributed by atoms with Gasteiger partial charge in [0.25, 0.3) is 0 Å². The van der Waals surface area contributed by atoms with E-state index in [4.69, 9.17) is 46.2 Å². The molecule has 1 rings (SSSR count). The lowest BCUT2D eigenvalue weighted by Crippen LogP contribution is -2.61. The molecule has 1 heterocycles. The summed E-state index contributed by atoms with van der Waals surface area (Å²) in [6.07, 6.45) is -11.7. The van der Waals surface area contributed by atoms with Gasteiger partial charge < -0.3 is 61.2 Å². The molecule has 0 amide bonds. The topological polar surface area (TPSA) is 234 Å². The Labute approximate surface area is 137 Å². The highest BCUT2D eigenvalue weighted by molar-refractivity contribution is 5.56. The second-order valence-electron chi connectivity index (χ2n) is 5.16. The second kappa shape index (κ2) is 11.0. The molecule has 1 aliphatic rings. The summed E-state index contributed by atoms with van der Waals surface area (Å²) in [6.45, 7) is -1.23. The maximum atomic E-state index is 9.90. The summed E-state index contributed by atoms with van der Waals surface area (Å²) in [7, 11) is 0. The third-order valence-electron chi connectivity index (χ3n) is 3.37. The Kier molecular flexibility index (Phi) is 10.6. The van der Waals surface area contributed by atoms with Crippen LogP contribution < -0.4 is 5.73 Å². The highest BCUT2D eigenvalue weighted by atomic mass is 16.6. The number of carbonyl (C=O) groups is 1. The summed E-state index contributed by atoms with van der Waals surface area (Å²) >= 11 is 0. The number of aliphatic hydroxyl groups excluding tert-OH is 9. The molecule has 0 radical (unpaired) electrons. The smallest absolute Gasteiger partial charge is 0.173 e. The first-order valence-electron chi connectivity index (χ1n) is 6.96. The molecule has 12 heteroatoms. The van der Waals surface area contributed by atoms with Crippen LogP contribution in [0.1, 0.15) is 0 Å². The SMILES string of the molecule is N[C@H]1C(O)O[C@H](CO)[C@H](O)[C@@H]1O.O=C[C@H](O)[C@@H](O)[C@H](O)[C@H](O)CO. The molecule has 1 fully saturated rings. The predicted molar refractivity (Wildman–Crippen MR) is 75.1 cm³/mol. The van der Waals surface area contributed by atoms with Gasteiger partial charge in [-0.2, -0.15) is 0 Å². The molecular weight excluding hydrogens is 334 g/mol. The maximum Gasteiger partial charge on any atom is 0.173 e. The maximum absolute atomic E-state index is 9.90. The first-order chi connectivity index (χ1) is 11.1. The Hall–Kier alpha value is -0.770. The van der Waals surface area contributed by atoms with E-state index in [1.54, 1.807) is 0 Å². The number of hydrogen-bond donors (Lipinski definition) is 10. The van der Waals surface area contributed by atoms with Gasteiger partial charge in [-0.3, -0.25) is 0 Å². The van der Waals surface area contributed by atoms with Crippen LogP contribution in [0.25, 0.3) is 0 Å². The molecule has 1 saturated heterocycles. The predicted octanol–water partition coefficient (Wildman–Crippen LogP) is -6.63. The Morgan fingerprint density at radius 2 is 1.54 bits per heavy atom. The number of hydrogen-bond acceptors (Lipinski definition) is 12. The van der Waals surface area contributed by atoms with Gasteiger partial charge in [-0.1, -0.05) is 0 Å². The van der Waals surface area contributed by atoms with Gasteiger partial charge in [0, 0.05) is 0 Å². The molecule has 0 aromatic rings. The van der Waals surface area contributed by atoms with E-state index in [0.29, 0.717) is 0 Å². The molecule has 24 heavy (non-hydrogen) atoms. The molecule has 1 unspecified atom stereocenters. The summed E-state index contributed by atoms with van der Waals surface area (Å²) in [5, 5.41) is 79.6.